The van der Waals surface area contributed by atoms with Crippen LogP contribution in [0.2, 0.25) is 0 Å². The van der Waals surface area contributed by atoms with Crippen LogP contribution in [0, 0.1) is 5.92 Å². The van der Waals surface area contributed by atoms with E-state index in [0.29, 0.717) is 53.9 Å². The van der Waals surface area contributed by atoms with E-state index in [1.165, 1.54) is 19.1 Å². The molecule has 0 saturated carbocycles. The van der Waals surface area contributed by atoms with Gasteiger partial charge in [0.05, 0.1) is 32.4 Å². The van der Waals surface area contributed by atoms with Crippen molar-refractivity contribution < 1.29 is 33.6 Å². The lowest BCUT2D eigenvalue weighted by molar-refractivity contribution is -0.140. The number of methoxy groups -OCH3 is 3. The minimum Gasteiger partial charge on any atom is -0.507 e. The number of ether oxygens (including phenoxy) is 4. The van der Waals surface area contributed by atoms with E-state index in [9.17, 15) is 14.7 Å². The van der Waals surface area contributed by atoms with E-state index in [1.54, 1.807) is 49.6 Å². The molecule has 0 radical (unpaired) electrons. The van der Waals surface area contributed by atoms with Crippen LogP contribution in [-0.4, -0.2) is 62.8 Å². The maximum absolute atomic E-state index is 13.1. The molecule has 1 aliphatic rings. The maximum atomic E-state index is 13.1. The molecule has 1 amide bonds. The SMILES string of the molecule is COCCCN1C(=O)C(=O)/C(=C(/O)c2ccc(OCC(C)C)cc2)[C@@H]1c1ccc(OC)c(OC)c1. The van der Waals surface area contributed by atoms with Gasteiger partial charge >= 0.3 is 0 Å². The van der Waals surface area contributed by atoms with Crippen LogP contribution in [0.15, 0.2) is 48.0 Å². The molecule has 1 aliphatic heterocycles. The van der Waals surface area contributed by atoms with Gasteiger partial charge in [-0.15, -0.1) is 0 Å². The molecule has 0 spiro atoms. The van der Waals surface area contributed by atoms with Crippen molar-refractivity contribution in [3.8, 4) is 17.2 Å². The summed E-state index contributed by atoms with van der Waals surface area (Å²) in [5, 5.41) is 11.2. The Morgan fingerprint density at radius 2 is 1.69 bits per heavy atom. The number of hydrogen-bond donors (Lipinski definition) is 1. The topological polar surface area (TPSA) is 94.5 Å². The standard InChI is InChI=1S/C27H33NO7/c1-17(2)16-35-20-10-7-18(8-11-20)25(29)23-24(19-9-12-21(33-4)22(15-19)34-5)28(13-6-14-32-3)27(31)26(23)30/h7-12,15,17,24,29H,6,13-14,16H2,1-5H3/b25-23+/t24-/m0/s1. The number of nitrogens with zero attached hydrogens (tertiary/aromatic N) is 1. The summed E-state index contributed by atoms with van der Waals surface area (Å²) in [6.45, 7) is 5.40. The Kier molecular flexibility index (Phi) is 8.76. The largest absolute Gasteiger partial charge is 0.507 e. The number of aliphatic hydroxyl groups excluding tert-OH is 1. The van der Waals surface area contributed by atoms with E-state index in [-0.39, 0.29) is 17.9 Å². The zero-order valence-electron chi connectivity index (χ0n) is 20.9. The first-order valence-corrected chi connectivity index (χ1v) is 11.5. The highest BCUT2D eigenvalue weighted by Gasteiger charge is 2.46. The van der Waals surface area contributed by atoms with Crippen molar-refractivity contribution in [2.24, 2.45) is 5.92 Å². The normalized spacial score (nSPS) is 17.2. The summed E-state index contributed by atoms with van der Waals surface area (Å²) in [6.07, 6.45) is 0.537. The van der Waals surface area contributed by atoms with E-state index < -0.39 is 17.7 Å². The van der Waals surface area contributed by atoms with Gasteiger partial charge in [-0.2, -0.15) is 0 Å². The fourth-order valence-corrected chi connectivity index (χ4v) is 3.99. The smallest absolute Gasteiger partial charge is 0.295 e. The van der Waals surface area contributed by atoms with Gasteiger partial charge in [0.1, 0.15) is 11.5 Å². The lowest BCUT2D eigenvalue weighted by atomic mass is 9.95. The number of aliphatic hydroxyl groups is 1. The summed E-state index contributed by atoms with van der Waals surface area (Å²) in [4.78, 5) is 27.6. The number of likely N-dealkylation sites (tertiary alicyclic amines) is 1. The van der Waals surface area contributed by atoms with Crippen molar-refractivity contribution >= 4 is 17.4 Å². The Balaban J connectivity index is 2.06. The first-order valence-electron chi connectivity index (χ1n) is 11.5. The van der Waals surface area contributed by atoms with E-state index in [0.717, 1.165) is 0 Å². The number of carbonyl (C=O) groups excluding carboxylic acids is 2. The molecule has 188 valence electrons. The predicted octanol–water partition coefficient (Wildman–Crippen LogP) is 4.20. The molecule has 8 nitrogen and oxygen atoms in total. The second-order valence-corrected chi connectivity index (χ2v) is 8.68. The van der Waals surface area contributed by atoms with Crippen molar-refractivity contribution in [3.63, 3.8) is 0 Å². The maximum Gasteiger partial charge on any atom is 0.295 e. The molecule has 0 aromatic heterocycles. The fourth-order valence-electron chi connectivity index (χ4n) is 3.99. The van der Waals surface area contributed by atoms with Crippen molar-refractivity contribution in [3.05, 3.63) is 59.2 Å². The van der Waals surface area contributed by atoms with E-state index in [1.807, 2.05) is 0 Å². The summed E-state index contributed by atoms with van der Waals surface area (Å²) in [5.74, 6) is 0.362. The Morgan fingerprint density at radius 1 is 1.00 bits per heavy atom. The Morgan fingerprint density at radius 3 is 2.29 bits per heavy atom. The van der Waals surface area contributed by atoms with Crippen LogP contribution in [-0.2, 0) is 14.3 Å². The molecule has 1 saturated heterocycles. The number of Topliss-reactive ketones (excluding diaryl/α,β-unsaturated/α-hetero) is 1. The molecule has 1 fully saturated rings. The molecule has 1 atom stereocenters. The molecule has 3 rings (SSSR count). The monoisotopic (exact) mass is 483 g/mol. The van der Waals surface area contributed by atoms with Gasteiger partial charge in [0.15, 0.2) is 11.5 Å². The van der Waals surface area contributed by atoms with Crippen LogP contribution >= 0.6 is 0 Å². The number of benzene rings is 2. The molecule has 0 unspecified atom stereocenters. The highest BCUT2D eigenvalue weighted by atomic mass is 16.5. The zero-order chi connectivity index (χ0) is 25.5. The molecule has 0 aliphatic carbocycles. The highest BCUT2D eigenvalue weighted by molar-refractivity contribution is 6.46. The van der Waals surface area contributed by atoms with Gasteiger partial charge in [-0.25, -0.2) is 0 Å². The van der Waals surface area contributed by atoms with Crippen LogP contribution in [0.25, 0.3) is 5.76 Å². The summed E-state index contributed by atoms with van der Waals surface area (Å²) in [7, 11) is 4.62. The molecule has 2 aromatic rings. The highest BCUT2D eigenvalue weighted by Crippen LogP contribution is 2.42. The number of ketones is 1. The Hall–Kier alpha value is -3.52. The van der Waals surface area contributed by atoms with Crippen LogP contribution in [0.3, 0.4) is 0 Å². The number of carbonyl (C=O) groups is 2. The van der Waals surface area contributed by atoms with Gasteiger partial charge in [-0.3, -0.25) is 9.59 Å². The van der Waals surface area contributed by atoms with Crippen molar-refractivity contribution in [2.75, 3.05) is 41.1 Å². The third-order valence-corrected chi connectivity index (χ3v) is 5.72. The van der Waals surface area contributed by atoms with Gasteiger partial charge in [0, 0.05) is 25.8 Å². The van der Waals surface area contributed by atoms with Crippen LogP contribution in [0.4, 0.5) is 0 Å². The van der Waals surface area contributed by atoms with Gasteiger partial charge < -0.3 is 29.0 Å². The van der Waals surface area contributed by atoms with Crippen molar-refractivity contribution in [2.45, 2.75) is 26.3 Å². The zero-order valence-corrected chi connectivity index (χ0v) is 20.9. The summed E-state index contributed by atoms with van der Waals surface area (Å²) in [6, 6.07) is 11.2. The van der Waals surface area contributed by atoms with Crippen LogP contribution in [0.1, 0.15) is 37.4 Å². The average Bonchev–Trinajstić information content (AvgIpc) is 3.12. The third-order valence-electron chi connectivity index (χ3n) is 5.72. The molecule has 8 heteroatoms. The number of amides is 1. The van der Waals surface area contributed by atoms with Gasteiger partial charge in [0.2, 0.25) is 0 Å². The fraction of sp³-hybridized carbons (Fsp3) is 0.407. The summed E-state index contributed by atoms with van der Waals surface area (Å²) >= 11 is 0. The molecular formula is C27H33NO7. The lowest BCUT2D eigenvalue weighted by Gasteiger charge is -2.26. The molecule has 1 heterocycles. The van der Waals surface area contributed by atoms with Gasteiger partial charge in [-0.1, -0.05) is 19.9 Å². The van der Waals surface area contributed by atoms with Crippen LogP contribution < -0.4 is 14.2 Å². The molecular weight excluding hydrogens is 450 g/mol. The predicted molar refractivity (Wildman–Crippen MR) is 132 cm³/mol. The number of rotatable bonds is 11. The molecule has 2 aromatic carbocycles. The van der Waals surface area contributed by atoms with Crippen molar-refractivity contribution in [1.29, 1.82) is 0 Å². The van der Waals surface area contributed by atoms with E-state index in [2.05, 4.69) is 13.8 Å². The van der Waals surface area contributed by atoms with Crippen LogP contribution in [0.5, 0.6) is 17.2 Å². The first-order chi connectivity index (χ1) is 16.8. The quantitative estimate of drug-likeness (QED) is 0.222. The second kappa shape index (κ2) is 11.8. The van der Waals surface area contributed by atoms with Crippen molar-refractivity contribution in [1.82, 2.24) is 4.90 Å². The molecule has 1 N–H and O–H groups in total. The van der Waals surface area contributed by atoms with E-state index >= 15 is 0 Å². The Bertz CT molecular complexity index is 1080. The average molecular weight is 484 g/mol. The lowest BCUT2D eigenvalue weighted by Crippen LogP contribution is -2.31. The molecule has 35 heavy (non-hydrogen) atoms. The van der Waals surface area contributed by atoms with E-state index in [4.69, 9.17) is 18.9 Å². The second-order valence-electron chi connectivity index (χ2n) is 8.68. The molecule has 0 bridgehead atoms. The third kappa shape index (κ3) is 5.77. The van der Waals surface area contributed by atoms with Gasteiger partial charge in [-0.05, 0) is 54.3 Å². The summed E-state index contributed by atoms with van der Waals surface area (Å²) in [5.41, 5.74) is 1.07. The minimum atomic E-state index is -0.788. The summed E-state index contributed by atoms with van der Waals surface area (Å²) < 4.78 is 21.6. The Labute approximate surface area is 206 Å². The first kappa shape index (κ1) is 26.1. The minimum absolute atomic E-state index is 0.0236. The number of hydrogen-bond acceptors (Lipinski definition) is 7. The van der Waals surface area contributed by atoms with Gasteiger partial charge in [0.25, 0.3) is 11.7 Å².